The molecule has 2 unspecified atom stereocenters. The molecule has 1 heteroatoms. The van der Waals surface area contributed by atoms with E-state index >= 15 is 0 Å². The van der Waals surface area contributed by atoms with Gasteiger partial charge >= 0.3 is 0 Å². The second kappa shape index (κ2) is 13.8. The Morgan fingerprint density at radius 1 is 0.575 bits per heavy atom. The summed E-state index contributed by atoms with van der Waals surface area (Å²) in [4.78, 5) is 0. The Morgan fingerprint density at radius 3 is 1.40 bits per heavy atom. The van der Waals surface area contributed by atoms with E-state index in [1.165, 1.54) is 93.7 Å². The fourth-order valence-corrected chi connectivity index (χ4v) is 13.1. The fraction of sp³-hybridized carbons (Fsp3) is 0.436. The number of hydrogen-bond acceptors (Lipinski definition) is 0. The monoisotopic (exact) mass is 546 g/mol. The lowest BCUT2D eigenvalue weighted by Crippen LogP contribution is -2.69. The van der Waals surface area contributed by atoms with Crippen LogP contribution in [0.5, 0.6) is 0 Å². The maximum Gasteiger partial charge on any atom is 0.155 e. The van der Waals surface area contributed by atoms with E-state index in [2.05, 4.69) is 112 Å². The van der Waals surface area contributed by atoms with Gasteiger partial charge in [-0.1, -0.05) is 137 Å². The second-order valence-electron chi connectivity index (χ2n) is 12.4. The van der Waals surface area contributed by atoms with Gasteiger partial charge in [0.05, 0.1) is 0 Å². The smallest absolute Gasteiger partial charge is 0.0839 e. The molecule has 3 aromatic carbocycles. The Bertz CT molecular complexity index is 1130. The molecule has 210 valence electrons. The lowest BCUT2D eigenvalue weighted by Gasteiger charge is -2.41. The lowest BCUT2D eigenvalue weighted by atomic mass is 9.95. The summed E-state index contributed by atoms with van der Waals surface area (Å²) in [6.45, 7) is 6.89. The number of allylic oxidation sites excluding steroid dienone is 4. The normalized spacial score (nSPS) is 18.5. The van der Waals surface area contributed by atoms with Crippen molar-refractivity contribution < 1.29 is 0 Å². The minimum atomic E-state index is -2.36. The summed E-state index contributed by atoms with van der Waals surface area (Å²) in [7, 11) is -2.36. The molecule has 5 rings (SSSR count). The van der Waals surface area contributed by atoms with Gasteiger partial charge in [0, 0.05) is 0 Å². The van der Waals surface area contributed by atoms with E-state index in [1.807, 2.05) is 0 Å². The summed E-state index contributed by atoms with van der Waals surface area (Å²) in [5.74, 6) is 0.721. The number of hydrogen-bond donors (Lipinski definition) is 0. The van der Waals surface area contributed by atoms with E-state index in [4.69, 9.17) is 0 Å². The van der Waals surface area contributed by atoms with Gasteiger partial charge in [-0.05, 0) is 101 Å². The highest BCUT2D eigenvalue weighted by Crippen LogP contribution is 2.49. The highest BCUT2D eigenvalue weighted by molar-refractivity contribution is 7.12. The molecule has 0 heterocycles. The Labute approximate surface area is 245 Å². The molecular weight excluding hydrogens is 497 g/mol. The number of unbranched alkanes of at least 4 members (excludes halogenated alkanes) is 3. The first-order chi connectivity index (χ1) is 19.7. The van der Waals surface area contributed by atoms with Crippen LogP contribution in [0.3, 0.4) is 0 Å². The molecule has 2 aliphatic carbocycles. The maximum atomic E-state index is 2.54. The zero-order chi connectivity index (χ0) is 27.8. The summed E-state index contributed by atoms with van der Waals surface area (Å²) in [5, 5.41) is 4.78. The Kier molecular flexibility index (Phi) is 9.97. The Morgan fingerprint density at radius 2 is 1.00 bits per heavy atom. The van der Waals surface area contributed by atoms with Crippen LogP contribution in [0.1, 0.15) is 95.2 Å². The van der Waals surface area contributed by atoms with Crippen molar-refractivity contribution >= 4 is 23.6 Å². The van der Waals surface area contributed by atoms with Crippen molar-refractivity contribution in [1.82, 2.24) is 0 Å². The van der Waals surface area contributed by atoms with Crippen molar-refractivity contribution in [3.8, 4) is 0 Å². The minimum absolute atomic E-state index is 0.604. The molecule has 0 spiro atoms. The molecule has 0 saturated heterocycles. The number of rotatable bonds is 13. The van der Waals surface area contributed by atoms with Crippen LogP contribution < -0.4 is 15.6 Å². The predicted molar refractivity (Wildman–Crippen MR) is 178 cm³/mol. The zero-order valence-electron chi connectivity index (χ0n) is 25.3. The third-order valence-electron chi connectivity index (χ3n) is 9.73. The largest absolute Gasteiger partial charge is 0.155 e. The van der Waals surface area contributed by atoms with Crippen LogP contribution in [-0.2, 0) is 19.3 Å². The van der Waals surface area contributed by atoms with Gasteiger partial charge < -0.3 is 0 Å². The Balaban J connectivity index is 1.69. The van der Waals surface area contributed by atoms with Gasteiger partial charge in [0.2, 0.25) is 0 Å². The van der Waals surface area contributed by atoms with E-state index in [-0.39, 0.29) is 0 Å². The van der Waals surface area contributed by atoms with Crippen LogP contribution >= 0.6 is 0 Å². The van der Waals surface area contributed by atoms with E-state index < -0.39 is 8.07 Å². The first-order valence-electron chi connectivity index (χ1n) is 16.4. The van der Waals surface area contributed by atoms with E-state index in [0.717, 1.165) is 5.92 Å². The van der Waals surface area contributed by atoms with Crippen molar-refractivity contribution in [3.63, 3.8) is 0 Å². The SMILES string of the molecule is CCCCc1ccc([Si](c2ccc(CCCC)cc2)(c2ccc(CCCC)cc2)C2CCC3CC=CC=C32)cc1. The van der Waals surface area contributed by atoms with Crippen molar-refractivity contribution in [1.29, 1.82) is 0 Å². The van der Waals surface area contributed by atoms with E-state index in [0.29, 0.717) is 5.54 Å². The molecule has 0 radical (unpaired) electrons. The zero-order valence-corrected chi connectivity index (χ0v) is 26.3. The van der Waals surface area contributed by atoms with Gasteiger partial charge in [-0.2, -0.15) is 0 Å². The molecule has 0 aromatic heterocycles. The van der Waals surface area contributed by atoms with Gasteiger partial charge in [-0.3, -0.25) is 0 Å². The van der Waals surface area contributed by atoms with Crippen molar-refractivity contribution in [2.75, 3.05) is 0 Å². The molecule has 2 aliphatic rings. The minimum Gasteiger partial charge on any atom is -0.0839 e. The molecule has 0 amide bonds. The van der Waals surface area contributed by atoms with Crippen LogP contribution in [0.2, 0.25) is 5.54 Å². The molecule has 0 N–H and O–H groups in total. The summed E-state index contributed by atoms with van der Waals surface area (Å²) >= 11 is 0. The predicted octanol–water partition coefficient (Wildman–Crippen LogP) is 8.85. The quantitative estimate of drug-likeness (QED) is 0.148. The van der Waals surface area contributed by atoms with Crippen molar-refractivity contribution in [2.45, 2.75) is 103 Å². The van der Waals surface area contributed by atoms with Crippen molar-refractivity contribution in [3.05, 3.63) is 113 Å². The topological polar surface area (TPSA) is 0 Å². The molecule has 2 atom stereocenters. The van der Waals surface area contributed by atoms with E-state index in [9.17, 15) is 0 Å². The third kappa shape index (κ3) is 6.01. The molecule has 0 aliphatic heterocycles. The summed E-state index contributed by atoms with van der Waals surface area (Å²) < 4.78 is 0. The number of aryl methyl sites for hydroxylation is 3. The summed E-state index contributed by atoms with van der Waals surface area (Å²) in [5.41, 5.74) is 6.80. The molecule has 40 heavy (non-hydrogen) atoms. The van der Waals surface area contributed by atoms with E-state index in [1.54, 1.807) is 21.1 Å². The third-order valence-corrected chi connectivity index (χ3v) is 15.1. The van der Waals surface area contributed by atoms with Gasteiger partial charge in [-0.25, -0.2) is 0 Å². The van der Waals surface area contributed by atoms with Gasteiger partial charge in [0.1, 0.15) is 0 Å². The highest BCUT2D eigenvalue weighted by Gasteiger charge is 2.51. The lowest BCUT2D eigenvalue weighted by molar-refractivity contribution is 0.633. The molecule has 0 bridgehead atoms. The van der Waals surface area contributed by atoms with Crippen LogP contribution in [0.15, 0.2) is 96.6 Å². The standard InChI is InChI=1S/C39H50Si/c1-4-7-12-31-17-24-35(25-18-31)40(36-26-19-32(20-27-36)13-8-5-2,37-28-21-33(22-29-37)14-9-6-3)39-30-23-34-15-10-11-16-38(34)39/h10-11,16-22,24-29,34,39H,4-9,12-15,23,30H2,1-3H3. The maximum absolute atomic E-state index is 2.54. The van der Waals surface area contributed by atoms with Crippen LogP contribution in [0, 0.1) is 5.92 Å². The summed E-state index contributed by atoms with van der Waals surface area (Å²) in [6.07, 6.45) is 22.2. The van der Waals surface area contributed by atoms with Crippen LogP contribution in [0.25, 0.3) is 0 Å². The van der Waals surface area contributed by atoms with Gasteiger partial charge in [0.15, 0.2) is 8.07 Å². The second-order valence-corrected chi connectivity index (χ2v) is 16.4. The van der Waals surface area contributed by atoms with Crippen LogP contribution in [0.4, 0.5) is 0 Å². The molecule has 1 fully saturated rings. The average Bonchev–Trinajstić information content (AvgIpc) is 3.44. The number of benzene rings is 3. The summed E-state index contributed by atoms with van der Waals surface area (Å²) in [6, 6.07) is 30.0. The first kappa shape index (κ1) is 28.9. The van der Waals surface area contributed by atoms with Crippen molar-refractivity contribution in [2.24, 2.45) is 5.92 Å². The first-order valence-corrected chi connectivity index (χ1v) is 18.4. The average molecular weight is 547 g/mol. The number of fused-ring (bicyclic) bond motifs is 1. The Hall–Kier alpha value is -2.64. The fourth-order valence-electron chi connectivity index (χ4n) is 7.43. The molecular formula is C39H50Si. The molecule has 0 nitrogen and oxygen atoms in total. The molecule has 3 aromatic rings. The van der Waals surface area contributed by atoms with Crippen LogP contribution in [-0.4, -0.2) is 8.07 Å². The van der Waals surface area contributed by atoms with Gasteiger partial charge in [0.25, 0.3) is 0 Å². The van der Waals surface area contributed by atoms with Gasteiger partial charge in [-0.15, -0.1) is 0 Å². The highest BCUT2D eigenvalue weighted by atomic mass is 28.3. The molecule has 1 saturated carbocycles.